The van der Waals surface area contributed by atoms with E-state index in [0.29, 0.717) is 12.4 Å². The van der Waals surface area contributed by atoms with Gasteiger partial charge >= 0.3 is 0 Å². The quantitative estimate of drug-likeness (QED) is 0.290. The molecular weight excluding hydrogens is 250 g/mol. The fourth-order valence-corrected chi connectivity index (χ4v) is 1.74. The number of anilines is 1. The smallest absolute Gasteiger partial charge is 0.182 e. The monoisotopic (exact) mass is 265 g/mol. The Morgan fingerprint density at radius 2 is 2.10 bits per heavy atom. The van der Waals surface area contributed by atoms with Crippen LogP contribution in [0.5, 0.6) is 0 Å². The number of nitrogen functional groups attached to an aromatic ring is 1. The van der Waals surface area contributed by atoms with E-state index in [9.17, 15) is 0 Å². The molecule has 0 saturated carbocycles. The minimum Gasteiger partial charge on any atom is -0.399 e. The number of rotatable bonds is 4. The van der Waals surface area contributed by atoms with Crippen molar-refractivity contribution in [2.24, 2.45) is 4.99 Å². The van der Waals surface area contributed by atoms with E-state index >= 15 is 0 Å². The molecule has 1 heterocycles. The Bertz CT molecular complexity index is 611. The van der Waals surface area contributed by atoms with Crippen LogP contribution in [-0.4, -0.2) is 17.4 Å². The van der Waals surface area contributed by atoms with Gasteiger partial charge in [-0.1, -0.05) is 12.1 Å². The van der Waals surface area contributed by atoms with Crippen LogP contribution in [0.4, 0.5) is 5.69 Å². The maximum atomic E-state index is 8.77. The van der Waals surface area contributed by atoms with Gasteiger partial charge in [0.05, 0.1) is 0 Å². The van der Waals surface area contributed by atoms with E-state index in [4.69, 9.17) is 11.0 Å². The Balaban J connectivity index is 2.03. The first kappa shape index (κ1) is 13.6. The van der Waals surface area contributed by atoms with Gasteiger partial charge in [-0.25, -0.2) is 0 Å². The minimum absolute atomic E-state index is 0.538. The van der Waals surface area contributed by atoms with Crippen molar-refractivity contribution in [3.05, 3.63) is 59.9 Å². The third-order valence-corrected chi connectivity index (χ3v) is 2.76. The molecule has 0 aliphatic rings. The van der Waals surface area contributed by atoms with Gasteiger partial charge in [0.1, 0.15) is 5.84 Å². The Hall–Kier alpha value is -2.87. The third-order valence-electron chi connectivity index (χ3n) is 2.76. The van der Waals surface area contributed by atoms with Crippen LogP contribution in [0, 0.1) is 11.5 Å². The van der Waals surface area contributed by atoms with Crippen molar-refractivity contribution in [3.63, 3.8) is 0 Å². The zero-order valence-corrected chi connectivity index (χ0v) is 11.0. The molecule has 0 aliphatic heterocycles. The molecule has 0 spiro atoms. The Morgan fingerprint density at radius 1 is 1.30 bits per heavy atom. The van der Waals surface area contributed by atoms with Gasteiger partial charge in [0.2, 0.25) is 0 Å². The molecule has 0 amide bonds. The van der Waals surface area contributed by atoms with Crippen LogP contribution >= 0.6 is 0 Å². The largest absolute Gasteiger partial charge is 0.399 e. The van der Waals surface area contributed by atoms with Crippen molar-refractivity contribution >= 4 is 11.5 Å². The number of aliphatic imine (C=N–C) groups is 1. The van der Waals surface area contributed by atoms with Gasteiger partial charge in [0.25, 0.3) is 0 Å². The zero-order chi connectivity index (χ0) is 14.2. The number of nitriles is 1. The second-order valence-electron chi connectivity index (χ2n) is 4.20. The highest BCUT2D eigenvalue weighted by Crippen LogP contribution is 2.06. The van der Waals surface area contributed by atoms with Crippen molar-refractivity contribution in [2.75, 3.05) is 12.3 Å². The molecule has 0 aliphatic carbocycles. The Kier molecular flexibility index (Phi) is 4.68. The standard InChI is InChI=1S/C15H15N5/c16-11-20-15(13-2-1-8-18-10-13)19-9-7-12-3-5-14(17)6-4-12/h1-6,8,10H,7,9,17H2,(H,19,20). The highest BCUT2D eigenvalue weighted by atomic mass is 15.0. The van der Waals surface area contributed by atoms with Gasteiger partial charge in [0.15, 0.2) is 6.19 Å². The molecule has 20 heavy (non-hydrogen) atoms. The molecular formula is C15H15N5. The number of amidine groups is 1. The SMILES string of the molecule is N#CN/C(=N\CCc1ccc(N)cc1)c1cccnc1. The number of nitrogens with two attached hydrogens (primary N) is 1. The molecule has 0 atom stereocenters. The van der Waals surface area contributed by atoms with Gasteiger partial charge in [0, 0.05) is 30.2 Å². The number of aromatic nitrogens is 1. The molecule has 5 heteroatoms. The van der Waals surface area contributed by atoms with E-state index in [0.717, 1.165) is 23.2 Å². The maximum absolute atomic E-state index is 8.77. The van der Waals surface area contributed by atoms with Crippen LogP contribution in [-0.2, 0) is 6.42 Å². The third kappa shape index (κ3) is 3.82. The summed E-state index contributed by atoms with van der Waals surface area (Å²) < 4.78 is 0. The highest BCUT2D eigenvalue weighted by Gasteiger charge is 2.02. The molecule has 1 aromatic carbocycles. The van der Waals surface area contributed by atoms with Gasteiger partial charge in [-0.2, -0.15) is 5.26 Å². The molecule has 0 saturated heterocycles. The fraction of sp³-hybridized carbons (Fsp3) is 0.133. The number of hydrogen-bond acceptors (Lipinski definition) is 4. The van der Waals surface area contributed by atoms with Crippen LogP contribution < -0.4 is 11.1 Å². The van der Waals surface area contributed by atoms with Gasteiger partial charge < -0.3 is 5.73 Å². The second-order valence-corrected chi connectivity index (χ2v) is 4.20. The Labute approximate surface area is 117 Å². The van der Waals surface area contributed by atoms with Crippen LogP contribution in [0.25, 0.3) is 0 Å². The maximum Gasteiger partial charge on any atom is 0.182 e. The lowest BCUT2D eigenvalue weighted by atomic mass is 10.1. The van der Waals surface area contributed by atoms with Crippen molar-refractivity contribution in [1.29, 1.82) is 5.26 Å². The predicted octanol–water partition coefficient (Wildman–Crippen LogP) is 1.72. The molecule has 0 unspecified atom stereocenters. The summed E-state index contributed by atoms with van der Waals surface area (Å²) in [6.07, 6.45) is 6.04. The summed E-state index contributed by atoms with van der Waals surface area (Å²) in [5, 5.41) is 11.4. The van der Waals surface area contributed by atoms with Crippen molar-refractivity contribution in [2.45, 2.75) is 6.42 Å². The van der Waals surface area contributed by atoms with E-state index in [1.165, 1.54) is 0 Å². The summed E-state index contributed by atoms with van der Waals surface area (Å²) in [6, 6.07) is 11.4. The van der Waals surface area contributed by atoms with E-state index in [-0.39, 0.29) is 0 Å². The first-order valence-electron chi connectivity index (χ1n) is 6.24. The molecule has 5 nitrogen and oxygen atoms in total. The van der Waals surface area contributed by atoms with E-state index in [1.54, 1.807) is 12.4 Å². The Morgan fingerprint density at radius 3 is 2.75 bits per heavy atom. The molecule has 2 aromatic rings. The summed E-state index contributed by atoms with van der Waals surface area (Å²) in [5.41, 5.74) is 8.34. The van der Waals surface area contributed by atoms with E-state index in [2.05, 4.69) is 15.3 Å². The summed E-state index contributed by atoms with van der Waals surface area (Å²) in [6.45, 7) is 0.586. The van der Waals surface area contributed by atoms with Crippen LogP contribution in [0.1, 0.15) is 11.1 Å². The van der Waals surface area contributed by atoms with Gasteiger partial charge in [-0.15, -0.1) is 0 Å². The average molecular weight is 265 g/mol. The molecule has 0 bridgehead atoms. The fourth-order valence-electron chi connectivity index (χ4n) is 1.74. The highest BCUT2D eigenvalue weighted by molar-refractivity contribution is 5.99. The number of nitrogens with one attached hydrogen (secondary N) is 1. The summed E-state index contributed by atoms with van der Waals surface area (Å²) in [7, 11) is 0. The number of benzene rings is 1. The normalized spacial score (nSPS) is 10.8. The van der Waals surface area contributed by atoms with Gasteiger partial charge in [-0.05, 0) is 36.2 Å². The lowest BCUT2D eigenvalue weighted by molar-refractivity contribution is 0.958. The summed E-state index contributed by atoms with van der Waals surface area (Å²) in [4.78, 5) is 8.43. The van der Waals surface area contributed by atoms with Crippen LogP contribution in [0.15, 0.2) is 53.8 Å². The van der Waals surface area contributed by atoms with Crippen LogP contribution in [0.2, 0.25) is 0 Å². The van der Waals surface area contributed by atoms with Gasteiger partial charge in [-0.3, -0.25) is 15.3 Å². The van der Waals surface area contributed by atoms with Crippen molar-refractivity contribution < 1.29 is 0 Å². The first-order chi connectivity index (χ1) is 9.79. The topological polar surface area (TPSA) is 87.1 Å². The van der Waals surface area contributed by atoms with Crippen LogP contribution in [0.3, 0.4) is 0 Å². The lowest BCUT2D eigenvalue weighted by Crippen LogP contribution is -2.20. The zero-order valence-electron chi connectivity index (χ0n) is 11.0. The molecule has 3 N–H and O–H groups in total. The lowest BCUT2D eigenvalue weighted by Gasteiger charge is -2.04. The molecule has 100 valence electrons. The molecule has 2 rings (SSSR count). The molecule has 0 radical (unpaired) electrons. The van der Waals surface area contributed by atoms with E-state index in [1.807, 2.05) is 42.6 Å². The van der Waals surface area contributed by atoms with Crippen molar-refractivity contribution in [1.82, 2.24) is 10.3 Å². The second kappa shape index (κ2) is 6.90. The predicted molar refractivity (Wildman–Crippen MR) is 78.9 cm³/mol. The van der Waals surface area contributed by atoms with Crippen molar-refractivity contribution in [3.8, 4) is 6.19 Å². The average Bonchev–Trinajstić information content (AvgIpc) is 2.49. The first-order valence-corrected chi connectivity index (χ1v) is 6.24. The number of pyridine rings is 1. The number of nitrogens with zero attached hydrogens (tertiary/aromatic N) is 3. The molecule has 0 fully saturated rings. The van der Waals surface area contributed by atoms with E-state index < -0.39 is 0 Å². The minimum atomic E-state index is 0.538. The summed E-state index contributed by atoms with van der Waals surface area (Å²) >= 11 is 0. The number of hydrogen-bond donors (Lipinski definition) is 2. The summed E-state index contributed by atoms with van der Waals surface area (Å²) in [5.74, 6) is 0.538. The molecule has 1 aromatic heterocycles.